The van der Waals surface area contributed by atoms with E-state index in [1.165, 1.54) is 0 Å². The van der Waals surface area contributed by atoms with Gasteiger partial charge in [0.1, 0.15) is 5.60 Å². The molecule has 0 saturated carbocycles. The van der Waals surface area contributed by atoms with Crippen molar-refractivity contribution in [2.75, 3.05) is 45.8 Å². The summed E-state index contributed by atoms with van der Waals surface area (Å²) in [5.74, 6) is -0.0158. The third-order valence-corrected chi connectivity index (χ3v) is 2.69. The maximum atomic E-state index is 11.7. The van der Waals surface area contributed by atoms with Crippen LogP contribution in [0, 0.1) is 0 Å². The summed E-state index contributed by atoms with van der Waals surface area (Å²) in [6.07, 6.45) is -0.464. The fourth-order valence-electron chi connectivity index (χ4n) is 1.81. The van der Waals surface area contributed by atoms with Gasteiger partial charge in [-0.05, 0) is 20.8 Å². The Morgan fingerprint density at radius 2 is 1.75 bits per heavy atom. The van der Waals surface area contributed by atoms with Crippen molar-refractivity contribution in [3.05, 3.63) is 0 Å². The number of rotatable bonds is 5. The number of carbonyl (C=O) groups excluding carboxylic acids is 2. The van der Waals surface area contributed by atoms with E-state index >= 15 is 0 Å². The van der Waals surface area contributed by atoms with Crippen molar-refractivity contribution in [2.24, 2.45) is 0 Å². The van der Waals surface area contributed by atoms with Gasteiger partial charge in [0.05, 0.1) is 6.54 Å². The smallest absolute Gasteiger partial charge is 0.407 e. The lowest BCUT2D eigenvalue weighted by atomic mass is 10.2. The Hall–Kier alpha value is -1.34. The van der Waals surface area contributed by atoms with Crippen LogP contribution in [0.25, 0.3) is 0 Å². The number of hydrogen-bond acceptors (Lipinski definition) is 5. The number of nitrogens with one attached hydrogen (secondary N) is 3. The van der Waals surface area contributed by atoms with Crippen molar-refractivity contribution in [1.29, 1.82) is 0 Å². The molecule has 1 aliphatic heterocycles. The van der Waals surface area contributed by atoms with Gasteiger partial charge in [-0.3, -0.25) is 9.69 Å². The lowest BCUT2D eigenvalue weighted by Crippen LogP contribution is -2.48. The second-order valence-corrected chi connectivity index (χ2v) is 5.80. The molecule has 1 heterocycles. The first-order chi connectivity index (χ1) is 9.37. The highest BCUT2D eigenvalue weighted by atomic mass is 16.6. The standard InChI is InChI=1S/C13H26N4O3/c1-13(2,3)20-12(19)16-5-4-15-11(18)10-17-8-6-14-7-9-17/h14H,4-10H2,1-3H3,(H,15,18)(H,16,19). The minimum atomic E-state index is -0.504. The molecule has 0 aromatic rings. The predicted molar refractivity (Wildman–Crippen MR) is 76.6 cm³/mol. The van der Waals surface area contributed by atoms with Crippen LogP contribution in [-0.4, -0.2) is 68.3 Å². The first kappa shape index (κ1) is 16.7. The van der Waals surface area contributed by atoms with Gasteiger partial charge >= 0.3 is 6.09 Å². The number of carbonyl (C=O) groups is 2. The molecule has 0 spiro atoms. The molecule has 1 rings (SSSR count). The Morgan fingerprint density at radius 3 is 2.35 bits per heavy atom. The summed E-state index contributed by atoms with van der Waals surface area (Å²) in [6, 6.07) is 0. The summed E-state index contributed by atoms with van der Waals surface area (Å²) in [6.45, 7) is 10.2. The number of hydrogen-bond donors (Lipinski definition) is 3. The zero-order chi connectivity index (χ0) is 15.0. The van der Waals surface area contributed by atoms with Crippen LogP contribution in [0.1, 0.15) is 20.8 Å². The van der Waals surface area contributed by atoms with Crippen LogP contribution in [0.15, 0.2) is 0 Å². The van der Waals surface area contributed by atoms with Crippen molar-refractivity contribution < 1.29 is 14.3 Å². The zero-order valence-corrected chi connectivity index (χ0v) is 12.6. The van der Waals surface area contributed by atoms with Gasteiger partial charge in [0.25, 0.3) is 0 Å². The van der Waals surface area contributed by atoms with E-state index in [9.17, 15) is 9.59 Å². The maximum absolute atomic E-state index is 11.7. The predicted octanol–water partition coefficient (Wildman–Crippen LogP) is -0.467. The summed E-state index contributed by atoms with van der Waals surface area (Å²) < 4.78 is 5.09. The van der Waals surface area contributed by atoms with Gasteiger partial charge in [-0.2, -0.15) is 0 Å². The third kappa shape index (κ3) is 7.96. The zero-order valence-electron chi connectivity index (χ0n) is 12.6. The quantitative estimate of drug-likeness (QED) is 0.595. The largest absolute Gasteiger partial charge is 0.444 e. The SMILES string of the molecule is CC(C)(C)OC(=O)NCCNC(=O)CN1CCNCC1. The second kappa shape index (κ2) is 8.06. The van der Waals surface area contributed by atoms with Crippen LogP contribution in [0.3, 0.4) is 0 Å². The minimum Gasteiger partial charge on any atom is -0.444 e. The van der Waals surface area contributed by atoms with E-state index < -0.39 is 11.7 Å². The van der Waals surface area contributed by atoms with Crippen LogP contribution in [-0.2, 0) is 9.53 Å². The Morgan fingerprint density at radius 1 is 1.15 bits per heavy atom. The molecule has 0 atom stereocenters. The van der Waals surface area contributed by atoms with Gasteiger partial charge in [0.2, 0.25) is 5.91 Å². The Kier molecular flexibility index (Phi) is 6.74. The van der Waals surface area contributed by atoms with E-state index in [1.807, 2.05) is 20.8 Å². The molecule has 0 aromatic carbocycles. The van der Waals surface area contributed by atoms with Crippen molar-refractivity contribution >= 4 is 12.0 Å². The van der Waals surface area contributed by atoms with Gasteiger partial charge in [0.15, 0.2) is 0 Å². The number of amides is 2. The molecule has 0 unspecified atom stereocenters. The summed E-state index contributed by atoms with van der Waals surface area (Å²) in [7, 11) is 0. The molecule has 3 N–H and O–H groups in total. The molecular formula is C13H26N4O3. The molecule has 20 heavy (non-hydrogen) atoms. The lowest BCUT2D eigenvalue weighted by molar-refractivity contribution is -0.122. The van der Waals surface area contributed by atoms with E-state index in [4.69, 9.17) is 4.74 Å². The van der Waals surface area contributed by atoms with Gasteiger partial charge in [-0.1, -0.05) is 0 Å². The molecule has 2 amide bonds. The Balaban J connectivity index is 2.05. The van der Waals surface area contributed by atoms with Crippen molar-refractivity contribution in [3.8, 4) is 0 Å². The molecule has 116 valence electrons. The topological polar surface area (TPSA) is 82.7 Å². The van der Waals surface area contributed by atoms with Gasteiger partial charge in [-0.15, -0.1) is 0 Å². The van der Waals surface area contributed by atoms with E-state index in [0.29, 0.717) is 19.6 Å². The van der Waals surface area contributed by atoms with Gasteiger partial charge < -0.3 is 20.7 Å². The highest BCUT2D eigenvalue weighted by Crippen LogP contribution is 2.05. The van der Waals surface area contributed by atoms with Crippen LogP contribution >= 0.6 is 0 Å². The Labute approximate surface area is 120 Å². The van der Waals surface area contributed by atoms with E-state index in [0.717, 1.165) is 26.2 Å². The van der Waals surface area contributed by atoms with Crippen LogP contribution in [0.4, 0.5) is 4.79 Å². The molecule has 0 radical (unpaired) electrons. The maximum Gasteiger partial charge on any atom is 0.407 e. The van der Waals surface area contributed by atoms with Crippen molar-refractivity contribution in [2.45, 2.75) is 26.4 Å². The number of alkyl carbamates (subject to hydrolysis) is 1. The molecule has 1 fully saturated rings. The first-order valence-corrected chi connectivity index (χ1v) is 7.03. The summed E-state index contributed by atoms with van der Waals surface area (Å²) in [5, 5.41) is 8.61. The van der Waals surface area contributed by atoms with Crippen LogP contribution in [0.2, 0.25) is 0 Å². The molecule has 7 heteroatoms. The van der Waals surface area contributed by atoms with Crippen molar-refractivity contribution in [3.63, 3.8) is 0 Å². The fraction of sp³-hybridized carbons (Fsp3) is 0.846. The van der Waals surface area contributed by atoms with E-state index in [1.54, 1.807) is 0 Å². The first-order valence-electron chi connectivity index (χ1n) is 7.03. The third-order valence-electron chi connectivity index (χ3n) is 2.69. The molecule has 1 aliphatic rings. The molecule has 1 saturated heterocycles. The minimum absolute atomic E-state index is 0.0158. The molecule has 7 nitrogen and oxygen atoms in total. The average Bonchev–Trinajstić information content (AvgIpc) is 2.34. The Bertz CT molecular complexity index is 322. The van der Waals surface area contributed by atoms with Gasteiger partial charge in [0, 0.05) is 39.3 Å². The summed E-state index contributed by atoms with van der Waals surface area (Å²) in [4.78, 5) is 25.1. The monoisotopic (exact) mass is 286 g/mol. The van der Waals surface area contributed by atoms with Gasteiger partial charge in [-0.25, -0.2) is 4.79 Å². The van der Waals surface area contributed by atoms with Crippen LogP contribution in [0.5, 0.6) is 0 Å². The number of ether oxygens (including phenoxy) is 1. The summed E-state index contributed by atoms with van der Waals surface area (Å²) in [5.41, 5.74) is -0.504. The molecular weight excluding hydrogens is 260 g/mol. The van der Waals surface area contributed by atoms with Crippen LogP contribution < -0.4 is 16.0 Å². The normalized spacial score (nSPS) is 16.6. The van der Waals surface area contributed by atoms with E-state index in [-0.39, 0.29) is 5.91 Å². The number of nitrogens with zero attached hydrogens (tertiary/aromatic N) is 1. The molecule has 0 aromatic heterocycles. The summed E-state index contributed by atoms with van der Waals surface area (Å²) >= 11 is 0. The highest BCUT2D eigenvalue weighted by Gasteiger charge is 2.16. The van der Waals surface area contributed by atoms with Crippen molar-refractivity contribution in [1.82, 2.24) is 20.9 Å². The average molecular weight is 286 g/mol. The molecule has 0 bridgehead atoms. The number of piperazine rings is 1. The van der Waals surface area contributed by atoms with E-state index in [2.05, 4.69) is 20.9 Å². The lowest BCUT2D eigenvalue weighted by Gasteiger charge is -2.26. The highest BCUT2D eigenvalue weighted by molar-refractivity contribution is 5.78. The molecule has 0 aliphatic carbocycles. The fourth-order valence-corrected chi connectivity index (χ4v) is 1.81. The second-order valence-electron chi connectivity index (χ2n) is 5.80.